The first-order valence-corrected chi connectivity index (χ1v) is 10.5. The normalized spacial score (nSPS) is 16.4. The Morgan fingerprint density at radius 3 is 2.72 bits per heavy atom. The number of halogens is 1. The largest absolute Gasteiger partial charge is 0.382 e. The molecule has 1 unspecified atom stereocenters. The van der Waals surface area contributed by atoms with Crippen molar-refractivity contribution in [3.8, 4) is 0 Å². The van der Waals surface area contributed by atoms with E-state index in [0.29, 0.717) is 26.3 Å². The number of likely N-dealkylation sites (N-methyl/N-ethyl adjacent to an activating group) is 1. The van der Waals surface area contributed by atoms with E-state index < -0.39 is 0 Å². The van der Waals surface area contributed by atoms with Crippen molar-refractivity contribution in [3.63, 3.8) is 0 Å². The molecular weight excluding hydrogens is 373 g/mol. The predicted molar refractivity (Wildman–Crippen MR) is 111 cm³/mol. The van der Waals surface area contributed by atoms with E-state index in [-0.39, 0.29) is 29.6 Å². The lowest BCUT2D eigenvalue weighted by Crippen LogP contribution is -2.50. The highest BCUT2D eigenvalue weighted by molar-refractivity contribution is 5.81. The van der Waals surface area contributed by atoms with Crippen LogP contribution in [0.2, 0.25) is 0 Å². The lowest BCUT2D eigenvalue weighted by Gasteiger charge is -2.36. The first-order chi connectivity index (χ1) is 13.9. The van der Waals surface area contributed by atoms with Gasteiger partial charge in [0.1, 0.15) is 5.82 Å². The zero-order chi connectivity index (χ0) is 21.2. The molecule has 1 saturated heterocycles. The van der Waals surface area contributed by atoms with E-state index in [9.17, 15) is 14.0 Å². The molecular formula is C22H34FN3O3. The van der Waals surface area contributed by atoms with Gasteiger partial charge in [0.05, 0.1) is 6.04 Å². The van der Waals surface area contributed by atoms with Crippen molar-refractivity contribution in [2.45, 2.75) is 45.7 Å². The Balaban J connectivity index is 1.74. The summed E-state index contributed by atoms with van der Waals surface area (Å²) in [5, 5.41) is 2.98. The highest BCUT2D eigenvalue weighted by Crippen LogP contribution is 2.20. The Kier molecular flexibility index (Phi) is 9.54. The minimum absolute atomic E-state index is 0.00525. The number of rotatable bonds is 10. The molecule has 162 valence electrons. The molecule has 1 aromatic carbocycles. The molecule has 0 aromatic heterocycles. The van der Waals surface area contributed by atoms with E-state index in [2.05, 4.69) is 10.2 Å². The van der Waals surface area contributed by atoms with E-state index in [4.69, 9.17) is 4.74 Å². The monoisotopic (exact) mass is 407 g/mol. The predicted octanol–water partition coefficient (Wildman–Crippen LogP) is 2.43. The molecule has 2 amide bonds. The third kappa shape index (κ3) is 7.40. The number of nitrogens with zero attached hydrogens (tertiary/aromatic N) is 2. The molecule has 1 aromatic rings. The van der Waals surface area contributed by atoms with E-state index in [1.165, 1.54) is 12.1 Å². The third-order valence-corrected chi connectivity index (χ3v) is 5.46. The molecule has 1 aliphatic rings. The maximum absolute atomic E-state index is 13.4. The number of amides is 2. The van der Waals surface area contributed by atoms with E-state index in [0.717, 1.165) is 37.9 Å². The molecule has 0 bridgehead atoms. The highest BCUT2D eigenvalue weighted by Gasteiger charge is 2.30. The summed E-state index contributed by atoms with van der Waals surface area (Å²) in [5.41, 5.74) is 0.771. The van der Waals surface area contributed by atoms with Gasteiger partial charge in [0.25, 0.3) is 0 Å². The van der Waals surface area contributed by atoms with Crippen LogP contribution in [0.25, 0.3) is 0 Å². The minimum Gasteiger partial charge on any atom is -0.382 e. The van der Waals surface area contributed by atoms with Gasteiger partial charge in [0.2, 0.25) is 11.8 Å². The van der Waals surface area contributed by atoms with Crippen molar-refractivity contribution in [1.29, 1.82) is 0 Å². The molecule has 1 fully saturated rings. The van der Waals surface area contributed by atoms with E-state index in [1.54, 1.807) is 18.0 Å². The van der Waals surface area contributed by atoms with Crippen molar-refractivity contribution >= 4 is 11.8 Å². The maximum atomic E-state index is 13.4. The molecule has 29 heavy (non-hydrogen) atoms. The van der Waals surface area contributed by atoms with Gasteiger partial charge in [0.15, 0.2) is 0 Å². The fraction of sp³-hybridized carbons (Fsp3) is 0.636. The molecule has 1 N–H and O–H groups in total. The molecule has 1 atom stereocenters. The summed E-state index contributed by atoms with van der Waals surface area (Å²) in [6.07, 6.45) is 2.33. The number of nitrogens with one attached hydrogen (secondary N) is 1. The summed E-state index contributed by atoms with van der Waals surface area (Å²) in [4.78, 5) is 28.8. The number of hydrogen-bond donors (Lipinski definition) is 1. The van der Waals surface area contributed by atoms with Crippen LogP contribution < -0.4 is 5.32 Å². The molecule has 0 spiro atoms. The summed E-state index contributed by atoms with van der Waals surface area (Å²) >= 11 is 0. The summed E-state index contributed by atoms with van der Waals surface area (Å²) in [7, 11) is 1.74. The summed E-state index contributed by atoms with van der Waals surface area (Å²) in [5.74, 6) is -0.184. The molecule has 0 saturated carbocycles. The molecule has 7 heteroatoms. The number of benzene rings is 1. The first kappa shape index (κ1) is 23.3. The number of ether oxygens (including phenoxy) is 1. The zero-order valence-corrected chi connectivity index (χ0v) is 17.8. The van der Waals surface area contributed by atoms with Gasteiger partial charge >= 0.3 is 0 Å². The van der Waals surface area contributed by atoms with Gasteiger partial charge in [-0.2, -0.15) is 0 Å². The van der Waals surface area contributed by atoms with Gasteiger partial charge in [-0.1, -0.05) is 12.1 Å². The lowest BCUT2D eigenvalue weighted by atomic mass is 9.94. The van der Waals surface area contributed by atoms with Crippen molar-refractivity contribution in [2.75, 3.05) is 39.9 Å². The highest BCUT2D eigenvalue weighted by atomic mass is 19.1. The molecule has 2 rings (SSSR count). The summed E-state index contributed by atoms with van der Waals surface area (Å²) in [6.45, 7) is 7.67. The zero-order valence-electron chi connectivity index (χ0n) is 17.8. The fourth-order valence-corrected chi connectivity index (χ4v) is 3.69. The topological polar surface area (TPSA) is 61.9 Å². The summed E-state index contributed by atoms with van der Waals surface area (Å²) < 4.78 is 18.6. The van der Waals surface area contributed by atoms with Gasteiger partial charge in [0, 0.05) is 39.3 Å². The van der Waals surface area contributed by atoms with Crippen molar-refractivity contribution in [1.82, 2.24) is 15.1 Å². The van der Waals surface area contributed by atoms with Crippen LogP contribution in [0.5, 0.6) is 0 Å². The van der Waals surface area contributed by atoms with Crippen LogP contribution >= 0.6 is 0 Å². The first-order valence-electron chi connectivity index (χ1n) is 10.5. The van der Waals surface area contributed by atoms with Crippen molar-refractivity contribution in [3.05, 3.63) is 35.6 Å². The fourth-order valence-electron chi connectivity index (χ4n) is 3.69. The standard InChI is InChI=1S/C22H34FN3O3/c1-4-29-14-6-11-24-21(27)19-9-12-26(13-10-19)17(2)22(28)25(3)16-18-7-5-8-20(23)15-18/h5,7-8,15,17,19H,4,6,9-14,16H2,1-3H3,(H,24,27). The Bertz CT molecular complexity index is 662. The van der Waals surface area contributed by atoms with Crippen LogP contribution in [0, 0.1) is 11.7 Å². The van der Waals surface area contributed by atoms with Gasteiger partial charge in [-0.15, -0.1) is 0 Å². The Labute approximate surface area is 173 Å². The van der Waals surface area contributed by atoms with Crippen LogP contribution in [0.15, 0.2) is 24.3 Å². The molecule has 0 radical (unpaired) electrons. The second-order valence-electron chi connectivity index (χ2n) is 7.65. The van der Waals surface area contributed by atoms with Gasteiger partial charge in [-0.25, -0.2) is 4.39 Å². The Hall–Kier alpha value is -1.99. The second-order valence-corrected chi connectivity index (χ2v) is 7.65. The Morgan fingerprint density at radius 1 is 1.34 bits per heavy atom. The average Bonchev–Trinajstić information content (AvgIpc) is 2.72. The smallest absolute Gasteiger partial charge is 0.239 e. The van der Waals surface area contributed by atoms with E-state index >= 15 is 0 Å². The quantitative estimate of drug-likeness (QED) is 0.605. The SMILES string of the molecule is CCOCCCNC(=O)C1CCN(C(C)C(=O)N(C)Cc2cccc(F)c2)CC1. The van der Waals surface area contributed by atoms with Crippen LogP contribution in [-0.2, 0) is 20.9 Å². The second kappa shape index (κ2) is 11.9. The molecule has 1 heterocycles. The number of likely N-dealkylation sites (tertiary alicyclic amines) is 1. The van der Waals surface area contributed by atoms with Crippen LogP contribution in [0.1, 0.15) is 38.7 Å². The van der Waals surface area contributed by atoms with E-state index in [1.807, 2.05) is 19.9 Å². The van der Waals surface area contributed by atoms with Gasteiger partial charge in [-0.05, 0) is 63.9 Å². The minimum atomic E-state index is -0.297. The number of carbonyl (C=O) groups excluding carboxylic acids is 2. The molecule has 1 aliphatic heterocycles. The Morgan fingerprint density at radius 2 is 2.07 bits per heavy atom. The average molecular weight is 408 g/mol. The van der Waals surface area contributed by atoms with Crippen molar-refractivity contribution in [2.24, 2.45) is 5.92 Å². The van der Waals surface area contributed by atoms with Crippen molar-refractivity contribution < 1.29 is 18.7 Å². The van der Waals surface area contributed by atoms with Crippen LogP contribution in [0.3, 0.4) is 0 Å². The number of piperidine rings is 1. The number of hydrogen-bond acceptors (Lipinski definition) is 4. The molecule has 0 aliphatic carbocycles. The summed E-state index contributed by atoms with van der Waals surface area (Å²) in [6, 6.07) is 6.05. The lowest BCUT2D eigenvalue weighted by molar-refractivity contribution is -0.136. The van der Waals surface area contributed by atoms with Gasteiger partial charge < -0.3 is 15.0 Å². The maximum Gasteiger partial charge on any atom is 0.239 e. The van der Waals surface area contributed by atoms with Gasteiger partial charge in [-0.3, -0.25) is 14.5 Å². The van der Waals surface area contributed by atoms with Crippen LogP contribution in [-0.4, -0.2) is 67.6 Å². The van der Waals surface area contributed by atoms with Crippen LogP contribution in [0.4, 0.5) is 4.39 Å². The third-order valence-electron chi connectivity index (χ3n) is 5.46. The molecule has 6 nitrogen and oxygen atoms in total. The number of carbonyl (C=O) groups is 2.